The number of hydrogen-bond donors (Lipinski definition) is 0. The normalized spacial score (nSPS) is 25.1. The monoisotopic (exact) mass is 495 g/mol. The Bertz CT molecular complexity index is 1300. The lowest BCUT2D eigenvalue weighted by Crippen LogP contribution is -2.45. The third-order valence-corrected chi connectivity index (χ3v) is 7.81. The van der Waals surface area contributed by atoms with E-state index in [2.05, 4.69) is 16.1 Å². The molecule has 3 atom stereocenters. The Hall–Kier alpha value is -2.52. The third kappa shape index (κ3) is 3.98. The molecule has 0 spiro atoms. The van der Waals surface area contributed by atoms with Crippen molar-refractivity contribution in [3.8, 4) is 17.3 Å². The van der Waals surface area contributed by atoms with Crippen molar-refractivity contribution in [1.82, 2.24) is 5.16 Å². The highest BCUT2D eigenvalue weighted by atomic mass is 35.5. The van der Waals surface area contributed by atoms with Crippen molar-refractivity contribution in [2.45, 2.75) is 69.2 Å². The minimum Gasteiger partial charge on any atom is -0.373 e. The van der Waals surface area contributed by atoms with Gasteiger partial charge in [-0.25, -0.2) is 0 Å². The molecule has 174 valence electrons. The first kappa shape index (κ1) is 19.8. The molecule has 2 bridgehead atoms. The van der Waals surface area contributed by atoms with Gasteiger partial charge in [0.25, 0.3) is 0 Å². The van der Waals surface area contributed by atoms with Gasteiger partial charge in [-0.1, -0.05) is 34.4 Å². The lowest BCUT2D eigenvalue weighted by Gasteiger charge is -2.40. The van der Waals surface area contributed by atoms with E-state index in [4.69, 9.17) is 40.5 Å². The van der Waals surface area contributed by atoms with Gasteiger partial charge < -0.3 is 14.2 Å². The van der Waals surface area contributed by atoms with Crippen molar-refractivity contribution < 1.29 is 12.0 Å². The Morgan fingerprint density at radius 1 is 1.06 bits per heavy atom. The maximum Gasteiger partial charge on any atom is 0.145 e. The van der Waals surface area contributed by atoms with Gasteiger partial charge in [-0.15, -0.1) is 0 Å². The van der Waals surface area contributed by atoms with E-state index in [1.165, 1.54) is 0 Å². The lowest BCUT2D eigenvalue weighted by molar-refractivity contribution is 0.0147. The zero-order chi connectivity index (χ0) is 25.0. The Morgan fingerprint density at radius 2 is 1.74 bits per heavy atom. The number of piperidine rings is 1. The van der Waals surface area contributed by atoms with Crippen molar-refractivity contribution in [3.05, 3.63) is 69.4 Å². The molecular formula is C27H25Cl2N3O2. The molecule has 1 aliphatic carbocycles. The summed E-state index contributed by atoms with van der Waals surface area (Å²) in [5.74, 6) is 0.666. The number of nitriles is 1. The van der Waals surface area contributed by atoms with E-state index in [0.29, 0.717) is 38.2 Å². The van der Waals surface area contributed by atoms with E-state index < -0.39 is 6.56 Å². The topological polar surface area (TPSA) is 62.3 Å². The number of benzene rings is 2. The van der Waals surface area contributed by atoms with Crippen molar-refractivity contribution >= 4 is 28.9 Å². The number of nitrogens with zero attached hydrogens (tertiary/aromatic N) is 3. The van der Waals surface area contributed by atoms with Crippen LogP contribution in [-0.4, -0.2) is 23.3 Å². The van der Waals surface area contributed by atoms with Gasteiger partial charge in [-0.05, 0) is 74.9 Å². The second-order valence-corrected chi connectivity index (χ2v) is 10.2. The fourth-order valence-corrected chi connectivity index (χ4v) is 5.99. The number of fused-ring (bicyclic) bond motifs is 2. The molecule has 3 fully saturated rings. The van der Waals surface area contributed by atoms with E-state index in [1.54, 1.807) is 18.2 Å². The van der Waals surface area contributed by atoms with E-state index >= 15 is 0 Å². The highest BCUT2D eigenvalue weighted by Crippen LogP contribution is 2.47. The smallest absolute Gasteiger partial charge is 0.145 e. The lowest BCUT2D eigenvalue weighted by atomic mass is 9.98. The fraction of sp³-hybridized carbons (Fsp3) is 0.407. The summed E-state index contributed by atoms with van der Waals surface area (Å²) in [5.41, 5.74) is 2.84. The Kier molecular flexibility index (Phi) is 5.18. The number of anilines is 1. The van der Waals surface area contributed by atoms with Gasteiger partial charge >= 0.3 is 0 Å². The molecule has 5 nitrogen and oxygen atoms in total. The van der Waals surface area contributed by atoms with E-state index in [-0.39, 0.29) is 24.1 Å². The van der Waals surface area contributed by atoms with Gasteiger partial charge in [-0.2, -0.15) is 5.26 Å². The van der Waals surface area contributed by atoms with Crippen LogP contribution in [0.2, 0.25) is 10.0 Å². The molecule has 0 amide bonds. The molecule has 1 unspecified atom stereocenters. The van der Waals surface area contributed by atoms with E-state index in [9.17, 15) is 0 Å². The summed E-state index contributed by atoms with van der Waals surface area (Å²) in [7, 11) is 0. The number of ether oxygens (including phenoxy) is 1. The van der Waals surface area contributed by atoms with Crippen LogP contribution < -0.4 is 4.90 Å². The number of halogens is 2. The van der Waals surface area contributed by atoms with Crippen LogP contribution in [0.5, 0.6) is 0 Å². The number of rotatable bonds is 6. The molecule has 7 heteroatoms. The van der Waals surface area contributed by atoms with Gasteiger partial charge in [0.1, 0.15) is 11.5 Å². The summed E-state index contributed by atoms with van der Waals surface area (Å²) in [6.45, 7) is -2.11. The van der Waals surface area contributed by atoms with Crippen LogP contribution in [0.15, 0.2) is 47.0 Å². The fourth-order valence-electron chi connectivity index (χ4n) is 5.42. The van der Waals surface area contributed by atoms with Crippen LogP contribution in [0.1, 0.15) is 64.1 Å². The molecule has 34 heavy (non-hydrogen) atoms. The molecule has 1 aromatic heterocycles. The summed E-state index contributed by atoms with van der Waals surface area (Å²) in [4.78, 5) is 2.42. The minimum absolute atomic E-state index is 0.135. The summed E-state index contributed by atoms with van der Waals surface area (Å²) in [5, 5.41) is 14.1. The summed E-state index contributed by atoms with van der Waals surface area (Å²) < 4.78 is 30.0. The predicted molar refractivity (Wildman–Crippen MR) is 132 cm³/mol. The van der Waals surface area contributed by atoms with Crippen molar-refractivity contribution in [3.63, 3.8) is 0 Å². The molecule has 0 radical (unpaired) electrons. The highest BCUT2D eigenvalue weighted by molar-refractivity contribution is 6.39. The molecule has 3 aliphatic rings. The molecular weight excluding hydrogens is 469 g/mol. The molecule has 3 aromatic rings. The maximum absolute atomic E-state index is 9.12. The molecule has 2 aromatic carbocycles. The van der Waals surface area contributed by atoms with Crippen molar-refractivity contribution in [1.29, 1.82) is 5.26 Å². The molecule has 0 N–H and O–H groups in total. The Balaban J connectivity index is 1.28. The van der Waals surface area contributed by atoms with Gasteiger partial charge in [0, 0.05) is 34.8 Å². The van der Waals surface area contributed by atoms with Crippen molar-refractivity contribution in [2.75, 3.05) is 4.90 Å². The van der Waals surface area contributed by atoms with Crippen LogP contribution in [0.25, 0.3) is 11.3 Å². The summed E-state index contributed by atoms with van der Waals surface area (Å²) in [6.07, 6.45) is 5.14. The largest absolute Gasteiger partial charge is 0.373 e. The summed E-state index contributed by atoms with van der Waals surface area (Å²) >= 11 is 12.9. The average molecular weight is 496 g/mol. The van der Waals surface area contributed by atoms with Gasteiger partial charge in [0.15, 0.2) is 0 Å². The third-order valence-electron chi connectivity index (χ3n) is 7.18. The Labute approximate surface area is 212 Å². The van der Waals surface area contributed by atoms with Crippen LogP contribution in [0.4, 0.5) is 5.69 Å². The quantitative estimate of drug-likeness (QED) is 0.364. The minimum atomic E-state index is -2.11. The highest BCUT2D eigenvalue weighted by Gasteiger charge is 2.41. The summed E-state index contributed by atoms with van der Waals surface area (Å²) in [6, 6.07) is 15.6. The van der Waals surface area contributed by atoms with Crippen LogP contribution in [0, 0.1) is 11.3 Å². The molecule has 1 saturated carbocycles. The van der Waals surface area contributed by atoms with Gasteiger partial charge in [0.05, 0.1) is 37.1 Å². The zero-order valence-corrected chi connectivity index (χ0v) is 20.0. The van der Waals surface area contributed by atoms with Crippen LogP contribution >= 0.6 is 23.2 Å². The number of hydrogen-bond acceptors (Lipinski definition) is 5. The molecule has 2 aliphatic heterocycles. The molecule has 2 saturated heterocycles. The van der Waals surface area contributed by atoms with Crippen LogP contribution in [0.3, 0.4) is 0 Å². The van der Waals surface area contributed by atoms with Gasteiger partial charge in [-0.3, -0.25) is 0 Å². The second kappa shape index (κ2) is 8.92. The first-order valence-corrected chi connectivity index (χ1v) is 12.5. The second-order valence-electron chi connectivity index (χ2n) is 9.41. The van der Waals surface area contributed by atoms with E-state index in [0.717, 1.165) is 44.2 Å². The van der Waals surface area contributed by atoms with E-state index in [1.807, 2.05) is 24.3 Å². The first-order valence-electron chi connectivity index (χ1n) is 12.8. The standard InChI is InChI=1S/C27H25Cl2N3O2/c28-23-2-1-3-24(29)25(23)26-22(27(34-31-26)17-6-7-17)15-33-21-12-19-10-11-20(13-21)32(19)18-8-4-16(14-30)5-9-18/h1-5,8-9,17,19-21H,6-7,10-13,15H2/t19-,20+,21?/i15D2. The van der Waals surface area contributed by atoms with Crippen LogP contribution in [-0.2, 0) is 11.3 Å². The van der Waals surface area contributed by atoms with Gasteiger partial charge in [0.2, 0.25) is 0 Å². The first-order chi connectivity index (χ1) is 17.4. The number of aromatic nitrogens is 1. The Morgan fingerprint density at radius 3 is 2.35 bits per heavy atom. The molecule has 3 heterocycles. The maximum atomic E-state index is 9.12. The van der Waals surface area contributed by atoms with Crippen molar-refractivity contribution in [2.24, 2.45) is 0 Å². The molecule has 6 rings (SSSR count). The zero-order valence-electron chi connectivity index (χ0n) is 20.5. The predicted octanol–water partition coefficient (Wildman–Crippen LogP) is 7.11. The SMILES string of the molecule is [2H]C([2H])(OC1C[C@H]2CC[C@@H](C1)N2c1ccc(C#N)cc1)c1c(-c2c(Cl)cccc2Cl)noc1C1CC1. The average Bonchev–Trinajstić information content (AvgIpc) is 3.54.